The lowest BCUT2D eigenvalue weighted by Gasteiger charge is -2.11. The van der Waals surface area contributed by atoms with Gasteiger partial charge in [-0.25, -0.2) is 14.5 Å². The highest BCUT2D eigenvalue weighted by molar-refractivity contribution is 5.73. The second kappa shape index (κ2) is 9.40. The number of hydrogen-bond acceptors (Lipinski definition) is 5. The van der Waals surface area contributed by atoms with E-state index in [4.69, 9.17) is 9.47 Å². The molecule has 0 saturated heterocycles. The monoisotopic (exact) mass is 381 g/mol. The van der Waals surface area contributed by atoms with Crippen LogP contribution in [0.25, 0.3) is 0 Å². The van der Waals surface area contributed by atoms with Gasteiger partial charge in [-0.05, 0) is 28.8 Å². The van der Waals surface area contributed by atoms with Gasteiger partial charge in [0.25, 0.3) is 0 Å². The van der Waals surface area contributed by atoms with E-state index in [1.165, 1.54) is 6.33 Å². The van der Waals surface area contributed by atoms with Crippen molar-refractivity contribution in [2.75, 3.05) is 14.2 Å². The van der Waals surface area contributed by atoms with Crippen molar-refractivity contribution in [2.45, 2.75) is 19.6 Å². The van der Waals surface area contributed by atoms with Crippen molar-refractivity contribution in [3.63, 3.8) is 0 Å². The second-order valence-corrected chi connectivity index (χ2v) is 6.14. The van der Waals surface area contributed by atoms with Crippen LogP contribution in [-0.2, 0) is 19.6 Å². The van der Waals surface area contributed by atoms with Gasteiger partial charge in [-0.15, -0.1) is 0 Å². The van der Waals surface area contributed by atoms with E-state index in [-0.39, 0.29) is 6.03 Å². The summed E-state index contributed by atoms with van der Waals surface area (Å²) >= 11 is 0. The molecule has 0 radical (unpaired) electrons. The van der Waals surface area contributed by atoms with E-state index >= 15 is 0 Å². The summed E-state index contributed by atoms with van der Waals surface area (Å²) in [6.45, 7) is 1.50. The molecule has 8 nitrogen and oxygen atoms in total. The molecule has 0 unspecified atom stereocenters. The number of benzene rings is 2. The van der Waals surface area contributed by atoms with Crippen LogP contribution in [-0.4, -0.2) is 35.0 Å². The minimum atomic E-state index is -0.235. The summed E-state index contributed by atoms with van der Waals surface area (Å²) in [5.74, 6) is 1.29. The first kappa shape index (κ1) is 19.2. The van der Waals surface area contributed by atoms with Gasteiger partial charge >= 0.3 is 6.03 Å². The lowest BCUT2D eigenvalue weighted by atomic mass is 10.1. The highest BCUT2D eigenvalue weighted by Gasteiger charge is 2.06. The number of urea groups is 1. The zero-order valence-corrected chi connectivity index (χ0v) is 15.9. The molecular weight excluding hydrogens is 358 g/mol. The Balaban J connectivity index is 1.45. The van der Waals surface area contributed by atoms with Gasteiger partial charge < -0.3 is 20.1 Å². The normalized spacial score (nSPS) is 10.4. The number of carbonyl (C=O) groups excluding carboxylic acids is 1. The molecule has 8 heteroatoms. The molecule has 0 spiro atoms. The van der Waals surface area contributed by atoms with Gasteiger partial charge in [-0.1, -0.05) is 30.3 Å². The number of hydrogen-bond donors (Lipinski definition) is 2. The first-order valence-electron chi connectivity index (χ1n) is 8.81. The van der Waals surface area contributed by atoms with E-state index in [9.17, 15) is 4.79 Å². The Kier molecular flexibility index (Phi) is 6.46. The summed E-state index contributed by atoms with van der Waals surface area (Å²) in [6, 6.07) is 13.3. The average molecular weight is 381 g/mol. The van der Waals surface area contributed by atoms with Crippen molar-refractivity contribution in [1.82, 2.24) is 25.4 Å². The van der Waals surface area contributed by atoms with Crippen molar-refractivity contribution >= 4 is 6.03 Å². The quantitative estimate of drug-likeness (QED) is 0.625. The largest absolute Gasteiger partial charge is 0.493 e. The van der Waals surface area contributed by atoms with Crippen molar-refractivity contribution in [3.05, 3.63) is 71.8 Å². The lowest BCUT2D eigenvalue weighted by molar-refractivity contribution is 0.240. The number of carbonyl (C=O) groups is 1. The van der Waals surface area contributed by atoms with Gasteiger partial charge in [0, 0.05) is 13.1 Å². The van der Waals surface area contributed by atoms with E-state index in [0.29, 0.717) is 31.1 Å². The van der Waals surface area contributed by atoms with Crippen LogP contribution in [0.1, 0.15) is 16.7 Å². The van der Waals surface area contributed by atoms with Crippen LogP contribution in [0.15, 0.2) is 55.1 Å². The molecule has 28 heavy (non-hydrogen) atoms. The van der Waals surface area contributed by atoms with E-state index in [1.54, 1.807) is 25.2 Å². The van der Waals surface area contributed by atoms with Gasteiger partial charge in [0.05, 0.1) is 20.8 Å². The van der Waals surface area contributed by atoms with Crippen LogP contribution in [0.3, 0.4) is 0 Å². The van der Waals surface area contributed by atoms with Gasteiger partial charge in [0.2, 0.25) is 0 Å². The molecule has 2 N–H and O–H groups in total. The van der Waals surface area contributed by atoms with Gasteiger partial charge in [0.15, 0.2) is 11.5 Å². The molecule has 2 amide bonds. The molecule has 1 aromatic heterocycles. The summed E-state index contributed by atoms with van der Waals surface area (Å²) in [4.78, 5) is 16.0. The molecule has 146 valence electrons. The van der Waals surface area contributed by atoms with E-state index < -0.39 is 0 Å². The molecule has 0 bridgehead atoms. The Morgan fingerprint density at radius 2 is 1.57 bits per heavy atom. The molecule has 0 aliphatic carbocycles. The van der Waals surface area contributed by atoms with E-state index in [0.717, 1.165) is 16.7 Å². The Hall–Kier alpha value is -3.55. The van der Waals surface area contributed by atoms with Crippen molar-refractivity contribution in [1.29, 1.82) is 0 Å². The van der Waals surface area contributed by atoms with Crippen molar-refractivity contribution in [2.24, 2.45) is 0 Å². The topological polar surface area (TPSA) is 90.3 Å². The molecule has 1 heterocycles. The Bertz CT molecular complexity index is 895. The third-order valence-electron chi connectivity index (χ3n) is 4.19. The summed E-state index contributed by atoms with van der Waals surface area (Å²) < 4.78 is 12.2. The molecule has 2 aromatic carbocycles. The van der Waals surface area contributed by atoms with Gasteiger partial charge in [-0.2, -0.15) is 5.10 Å². The molecule has 0 aliphatic heterocycles. The standard InChI is InChI=1S/C20H23N5O3/c1-27-18-8-7-17(9-19(18)28-2)11-23-20(26)22-10-15-3-5-16(6-4-15)12-25-14-21-13-24-25/h3-9,13-14H,10-12H2,1-2H3,(H2,22,23,26). The van der Waals surface area contributed by atoms with E-state index in [1.807, 2.05) is 42.5 Å². The zero-order valence-electron chi connectivity index (χ0n) is 15.9. The highest BCUT2D eigenvalue weighted by atomic mass is 16.5. The minimum absolute atomic E-state index is 0.235. The fraction of sp³-hybridized carbons (Fsp3) is 0.250. The number of rotatable bonds is 8. The zero-order chi connectivity index (χ0) is 19.8. The summed E-state index contributed by atoms with van der Waals surface area (Å²) in [5.41, 5.74) is 3.06. The number of aromatic nitrogens is 3. The predicted octanol–water partition coefficient (Wildman–Crippen LogP) is 2.34. The fourth-order valence-electron chi connectivity index (χ4n) is 2.68. The maximum Gasteiger partial charge on any atom is 0.315 e. The number of nitrogens with zero attached hydrogens (tertiary/aromatic N) is 3. The Morgan fingerprint density at radius 3 is 2.21 bits per heavy atom. The molecule has 0 fully saturated rings. The maximum atomic E-state index is 12.0. The number of amides is 2. The first-order chi connectivity index (χ1) is 13.7. The van der Waals surface area contributed by atoms with Crippen LogP contribution in [0.5, 0.6) is 11.5 Å². The van der Waals surface area contributed by atoms with Crippen molar-refractivity contribution < 1.29 is 14.3 Å². The Labute approximate surface area is 163 Å². The molecule has 0 atom stereocenters. The molecule has 0 aliphatic rings. The van der Waals surface area contributed by atoms with Gasteiger partial charge in [0.1, 0.15) is 12.7 Å². The molecule has 3 aromatic rings. The molecule has 3 rings (SSSR count). The highest BCUT2D eigenvalue weighted by Crippen LogP contribution is 2.27. The summed E-state index contributed by atoms with van der Waals surface area (Å²) in [6.07, 6.45) is 3.19. The third-order valence-corrected chi connectivity index (χ3v) is 4.19. The third kappa shape index (κ3) is 5.23. The number of nitrogens with one attached hydrogen (secondary N) is 2. The van der Waals surface area contributed by atoms with Crippen LogP contribution >= 0.6 is 0 Å². The molecule has 0 saturated carbocycles. The predicted molar refractivity (Wildman–Crippen MR) is 104 cm³/mol. The number of methoxy groups -OCH3 is 2. The minimum Gasteiger partial charge on any atom is -0.493 e. The summed E-state index contributed by atoms with van der Waals surface area (Å²) in [5, 5.41) is 9.77. The fourth-order valence-corrected chi connectivity index (χ4v) is 2.68. The van der Waals surface area contributed by atoms with E-state index in [2.05, 4.69) is 20.7 Å². The van der Waals surface area contributed by atoms with Crippen LogP contribution in [0.4, 0.5) is 4.79 Å². The van der Waals surface area contributed by atoms with Crippen LogP contribution in [0, 0.1) is 0 Å². The SMILES string of the molecule is COc1ccc(CNC(=O)NCc2ccc(Cn3cncn3)cc2)cc1OC. The first-order valence-corrected chi connectivity index (χ1v) is 8.81. The maximum absolute atomic E-state index is 12.0. The Morgan fingerprint density at radius 1 is 0.929 bits per heavy atom. The second-order valence-electron chi connectivity index (χ2n) is 6.14. The van der Waals surface area contributed by atoms with Gasteiger partial charge in [-0.3, -0.25) is 0 Å². The average Bonchev–Trinajstić information content (AvgIpc) is 3.24. The number of ether oxygens (including phenoxy) is 2. The smallest absolute Gasteiger partial charge is 0.315 e. The lowest BCUT2D eigenvalue weighted by Crippen LogP contribution is -2.34. The van der Waals surface area contributed by atoms with Crippen molar-refractivity contribution in [3.8, 4) is 11.5 Å². The van der Waals surface area contributed by atoms with Crippen LogP contribution in [0.2, 0.25) is 0 Å². The molecular formula is C20H23N5O3. The summed E-state index contributed by atoms with van der Waals surface area (Å²) in [7, 11) is 3.17. The van der Waals surface area contributed by atoms with Crippen LogP contribution < -0.4 is 20.1 Å².